The number of unbranched alkanes of at least 4 members (excludes halogenated alkanes) is 11. The number of nitrogens with two attached hydrogens (primary N) is 2. The fourth-order valence-electron chi connectivity index (χ4n) is 2.99. The molecule has 0 saturated heterocycles. The molecule has 6 heteroatoms. The van der Waals surface area contributed by atoms with E-state index in [2.05, 4.69) is 0 Å². The molecule has 0 aliphatic rings. The largest absolute Gasteiger partial charge is 0.466 e. The highest BCUT2D eigenvalue weighted by Gasteiger charge is 2.03. The van der Waals surface area contributed by atoms with E-state index < -0.39 is 0 Å². The van der Waals surface area contributed by atoms with Crippen LogP contribution in [-0.2, 0) is 19.1 Å². The van der Waals surface area contributed by atoms with Crippen molar-refractivity contribution in [2.75, 3.05) is 26.3 Å². The van der Waals surface area contributed by atoms with Gasteiger partial charge in [0.25, 0.3) is 0 Å². The Morgan fingerprint density at radius 1 is 0.464 bits per heavy atom. The second-order valence-corrected chi connectivity index (χ2v) is 7.47. The van der Waals surface area contributed by atoms with Crippen molar-refractivity contribution in [1.29, 1.82) is 0 Å². The summed E-state index contributed by atoms with van der Waals surface area (Å²) in [5.74, 6) is -0.172. The van der Waals surface area contributed by atoms with Crippen molar-refractivity contribution in [1.82, 2.24) is 0 Å². The fourth-order valence-corrected chi connectivity index (χ4v) is 2.99. The van der Waals surface area contributed by atoms with Crippen LogP contribution in [0.4, 0.5) is 0 Å². The van der Waals surface area contributed by atoms with Crippen molar-refractivity contribution in [2.45, 2.75) is 103 Å². The number of esters is 2. The van der Waals surface area contributed by atoms with Gasteiger partial charge in [-0.1, -0.05) is 64.2 Å². The molecule has 28 heavy (non-hydrogen) atoms. The maximum Gasteiger partial charge on any atom is 0.305 e. The predicted molar refractivity (Wildman–Crippen MR) is 114 cm³/mol. The smallest absolute Gasteiger partial charge is 0.305 e. The third-order valence-electron chi connectivity index (χ3n) is 4.73. The first-order valence-corrected chi connectivity index (χ1v) is 11.4. The Morgan fingerprint density at radius 2 is 0.750 bits per heavy atom. The molecule has 0 aromatic carbocycles. The van der Waals surface area contributed by atoms with Gasteiger partial charge in [0, 0.05) is 12.8 Å². The van der Waals surface area contributed by atoms with E-state index in [9.17, 15) is 9.59 Å². The minimum atomic E-state index is -0.0862. The summed E-state index contributed by atoms with van der Waals surface area (Å²) in [7, 11) is 0. The molecular weight excluding hydrogens is 356 g/mol. The van der Waals surface area contributed by atoms with Crippen LogP contribution in [0, 0.1) is 0 Å². The summed E-state index contributed by atoms with van der Waals surface area (Å²) < 4.78 is 10.1. The average molecular weight is 401 g/mol. The monoisotopic (exact) mass is 400 g/mol. The molecule has 0 bridgehead atoms. The Hall–Kier alpha value is -1.14. The van der Waals surface area contributed by atoms with Crippen LogP contribution in [0.3, 0.4) is 0 Å². The van der Waals surface area contributed by atoms with Gasteiger partial charge in [-0.2, -0.15) is 0 Å². The van der Waals surface area contributed by atoms with Crippen LogP contribution >= 0.6 is 0 Å². The molecule has 0 unspecified atom stereocenters. The second-order valence-electron chi connectivity index (χ2n) is 7.47. The fraction of sp³-hybridized carbons (Fsp3) is 0.909. The molecule has 0 amide bonds. The van der Waals surface area contributed by atoms with E-state index in [0.29, 0.717) is 39.1 Å². The molecule has 4 N–H and O–H groups in total. The summed E-state index contributed by atoms with van der Waals surface area (Å²) in [5.41, 5.74) is 10.7. The van der Waals surface area contributed by atoms with Gasteiger partial charge in [0.15, 0.2) is 0 Å². The van der Waals surface area contributed by atoms with Crippen LogP contribution in [0.15, 0.2) is 0 Å². The van der Waals surface area contributed by atoms with E-state index in [1.807, 2.05) is 0 Å². The van der Waals surface area contributed by atoms with E-state index >= 15 is 0 Å². The highest BCUT2D eigenvalue weighted by molar-refractivity contribution is 5.69. The Bertz CT molecular complexity index is 330. The van der Waals surface area contributed by atoms with Gasteiger partial charge in [-0.25, -0.2) is 0 Å². The number of hydrogen-bond donors (Lipinski definition) is 2. The molecule has 0 aliphatic carbocycles. The van der Waals surface area contributed by atoms with Crippen LogP contribution in [0.1, 0.15) is 103 Å². The molecule has 0 heterocycles. The maximum absolute atomic E-state index is 11.4. The summed E-state index contributed by atoms with van der Waals surface area (Å²) in [5, 5.41) is 0. The lowest BCUT2D eigenvalue weighted by Crippen LogP contribution is -2.09. The van der Waals surface area contributed by atoms with Gasteiger partial charge in [-0.3, -0.25) is 9.59 Å². The molecule has 0 radical (unpaired) electrons. The predicted octanol–water partition coefficient (Wildman–Crippen LogP) is 4.23. The molecule has 0 saturated carbocycles. The van der Waals surface area contributed by atoms with Gasteiger partial charge in [0.2, 0.25) is 0 Å². The summed E-state index contributed by atoms with van der Waals surface area (Å²) >= 11 is 0. The first-order chi connectivity index (χ1) is 13.7. The van der Waals surface area contributed by atoms with Gasteiger partial charge in [-0.05, 0) is 38.8 Å². The summed E-state index contributed by atoms with van der Waals surface area (Å²) in [6.07, 6.45) is 16.8. The standard InChI is InChI=1S/C22H44N2O4/c23-17-13-19-27-21(25)15-11-9-7-5-3-1-2-4-6-8-10-12-16-22(26)28-20-14-18-24/h1-20,23-24H2. The molecule has 0 aliphatic heterocycles. The molecule has 0 atom stereocenters. The van der Waals surface area contributed by atoms with Crippen molar-refractivity contribution in [3.8, 4) is 0 Å². The average Bonchev–Trinajstić information content (AvgIpc) is 2.68. The van der Waals surface area contributed by atoms with Crippen LogP contribution < -0.4 is 11.5 Å². The third-order valence-corrected chi connectivity index (χ3v) is 4.73. The van der Waals surface area contributed by atoms with Crippen molar-refractivity contribution in [3.63, 3.8) is 0 Å². The molecule has 0 spiro atoms. The topological polar surface area (TPSA) is 105 Å². The van der Waals surface area contributed by atoms with E-state index in [-0.39, 0.29) is 11.9 Å². The SMILES string of the molecule is NCCCOC(=O)CCCCCCCCCCCCCCC(=O)OCCCN. The molecule has 0 aromatic heterocycles. The lowest BCUT2D eigenvalue weighted by atomic mass is 10.0. The minimum Gasteiger partial charge on any atom is -0.466 e. The van der Waals surface area contributed by atoms with Gasteiger partial charge in [0.1, 0.15) is 0 Å². The Kier molecular flexibility index (Phi) is 21.3. The van der Waals surface area contributed by atoms with Gasteiger partial charge in [0.05, 0.1) is 13.2 Å². The highest BCUT2D eigenvalue weighted by atomic mass is 16.5. The van der Waals surface area contributed by atoms with Crippen LogP contribution in [0.2, 0.25) is 0 Å². The number of carbonyl (C=O) groups excluding carboxylic acids is 2. The zero-order valence-electron chi connectivity index (χ0n) is 17.9. The summed E-state index contributed by atoms with van der Waals surface area (Å²) in [6.45, 7) is 2.05. The normalized spacial score (nSPS) is 10.8. The van der Waals surface area contributed by atoms with E-state index in [1.54, 1.807) is 0 Å². The molecule has 6 nitrogen and oxygen atoms in total. The maximum atomic E-state index is 11.4. The molecule has 0 aromatic rings. The Balaban J connectivity index is 3.16. The van der Waals surface area contributed by atoms with Gasteiger partial charge in [-0.15, -0.1) is 0 Å². The molecule has 0 rings (SSSR count). The second kappa shape index (κ2) is 22.2. The minimum absolute atomic E-state index is 0.0862. The summed E-state index contributed by atoms with van der Waals surface area (Å²) in [4.78, 5) is 22.8. The van der Waals surface area contributed by atoms with Crippen molar-refractivity contribution < 1.29 is 19.1 Å². The van der Waals surface area contributed by atoms with E-state index in [1.165, 1.54) is 51.4 Å². The summed E-state index contributed by atoms with van der Waals surface area (Å²) in [6, 6.07) is 0. The highest BCUT2D eigenvalue weighted by Crippen LogP contribution is 2.13. The third kappa shape index (κ3) is 21.2. The Morgan fingerprint density at radius 3 is 1.04 bits per heavy atom. The van der Waals surface area contributed by atoms with E-state index in [0.717, 1.165) is 38.5 Å². The zero-order chi connectivity index (χ0) is 20.7. The Labute approximate surface area is 172 Å². The van der Waals surface area contributed by atoms with Gasteiger partial charge < -0.3 is 20.9 Å². The molecule has 166 valence electrons. The number of ether oxygens (including phenoxy) is 2. The van der Waals surface area contributed by atoms with Crippen LogP contribution in [0.25, 0.3) is 0 Å². The lowest BCUT2D eigenvalue weighted by molar-refractivity contribution is -0.144. The number of rotatable bonds is 21. The number of carbonyl (C=O) groups is 2. The van der Waals surface area contributed by atoms with Crippen molar-refractivity contribution in [2.24, 2.45) is 11.5 Å². The van der Waals surface area contributed by atoms with Crippen molar-refractivity contribution in [3.05, 3.63) is 0 Å². The van der Waals surface area contributed by atoms with Gasteiger partial charge >= 0.3 is 11.9 Å². The lowest BCUT2D eigenvalue weighted by Gasteiger charge is -2.05. The molecule has 0 fully saturated rings. The quantitative estimate of drug-likeness (QED) is 0.221. The number of hydrogen-bond acceptors (Lipinski definition) is 6. The van der Waals surface area contributed by atoms with Crippen LogP contribution in [0.5, 0.6) is 0 Å². The van der Waals surface area contributed by atoms with Crippen molar-refractivity contribution >= 4 is 11.9 Å². The van der Waals surface area contributed by atoms with Crippen LogP contribution in [-0.4, -0.2) is 38.2 Å². The first kappa shape index (κ1) is 26.9. The zero-order valence-corrected chi connectivity index (χ0v) is 17.9. The first-order valence-electron chi connectivity index (χ1n) is 11.4. The molecular formula is C22H44N2O4. The van der Waals surface area contributed by atoms with E-state index in [4.69, 9.17) is 20.9 Å².